The van der Waals surface area contributed by atoms with Crippen molar-refractivity contribution < 1.29 is 10.2 Å². The average Bonchev–Trinajstić information content (AvgIpc) is 2.48. The quantitative estimate of drug-likeness (QED) is 0.788. The number of hydrogen-bond donors (Lipinski definition) is 2. The summed E-state index contributed by atoms with van der Waals surface area (Å²) < 4.78 is 0. The first-order valence-corrected chi connectivity index (χ1v) is 6.74. The van der Waals surface area contributed by atoms with Gasteiger partial charge < -0.3 is 20.0 Å². The van der Waals surface area contributed by atoms with Crippen molar-refractivity contribution in [1.29, 1.82) is 0 Å². The molecule has 0 saturated carbocycles. The summed E-state index contributed by atoms with van der Waals surface area (Å²) in [5, 5.41) is 18.2. The minimum absolute atomic E-state index is 0.103. The number of nitrogens with zero attached hydrogens (tertiary/aromatic N) is 4. The molecule has 6 nitrogen and oxygen atoms in total. The van der Waals surface area contributed by atoms with Crippen molar-refractivity contribution >= 4 is 11.6 Å². The largest absolute Gasteiger partial charge is 0.396 e. The molecule has 1 atom stereocenters. The number of aromatic nitrogens is 2. The molecule has 1 aromatic heterocycles. The van der Waals surface area contributed by atoms with Gasteiger partial charge in [0.25, 0.3) is 0 Å². The van der Waals surface area contributed by atoms with Crippen LogP contribution in [0.2, 0.25) is 0 Å². The summed E-state index contributed by atoms with van der Waals surface area (Å²) in [5.41, 5.74) is 0. The van der Waals surface area contributed by atoms with Crippen LogP contribution in [0.25, 0.3) is 0 Å². The fourth-order valence-corrected chi connectivity index (χ4v) is 2.41. The highest BCUT2D eigenvalue weighted by Crippen LogP contribution is 2.23. The molecule has 1 unspecified atom stereocenters. The van der Waals surface area contributed by atoms with Crippen LogP contribution in [0.4, 0.5) is 11.6 Å². The molecule has 1 aliphatic heterocycles. The van der Waals surface area contributed by atoms with Crippen molar-refractivity contribution in [2.45, 2.75) is 12.8 Å². The van der Waals surface area contributed by atoms with Crippen molar-refractivity contribution in [2.24, 2.45) is 5.92 Å². The second-order valence-corrected chi connectivity index (χ2v) is 5.02. The van der Waals surface area contributed by atoms with Crippen molar-refractivity contribution in [2.75, 3.05) is 49.7 Å². The second-order valence-electron chi connectivity index (χ2n) is 5.02. The third-order valence-corrected chi connectivity index (χ3v) is 3.57. The number of hydrogen-bond acceptors (Lipinski definition) is 6. The summed E-state index contributed by atoms with van der Waals surface area (Å²) in [6.07, 6.45) is 3.72. The van der Waals surface area contributed by atoms with E-state index < -0.39 is 0 Å². The van der Waals surface area contributed by atoms with E-state index in [9.17, 15) is 5.11 Å². The fourth-order valence-electron chi connectivity index (χ4n) is 2.41. The molecule has 19 heavy (non-hydrogen) atoms. The summed E-state index contributed by atoms with van der Waals surface area (Å²) in [7, 11) is 1.90. The number of likely N-dealkylation sites (N-methyl/N-ethyl adjacent to an activating group) is 1. The van der Waals surface area contributed by atoms with E-state index in [2.05, 4.69) is 14.9 Å². The van der Waals surface area contributed by atoms with Gasteiger partial charge in [0.2, 0.25) is 0 Å². The zero-order valence-corrected chi connectivity index (χ0v) is 11.4. The predicted molar refractivity (Wildman–Crippen MR) is 74.4 cm³/mol. The summed E-state index contributed by atoms with van der Waals surface area (Å²) in [5.74, 6) is 2.04. The lowest BCUT2D eigenvalue weighted by Gasteiger charge is -2.33. The molecule has 0 spiro atoms. The molecular formula is C13H22N4O2. The SMILES string of the molecule is CN(CCO)c1cc(N2CCCC(CO)C2)ncn1. The normalized spacial score (nSPS) is 19.5. The van der Waals surface area contributed by atoms with Crippen LogP contribution in [0, 0.1) is 5.92 Å². The van der Waals surface area contributed by atoms with Gasteiger partial charge in [-0.05, 0) is 18.8 Å². The summed E-state index contributed by atoms with van der Waals surface area (Å²) in [6, 6.07) is 1.94. The Morgan fingerprint density at radius 2 is 2.26 bits per heavy atom. The van der Waals surface area contributed by atoms with Crippen LogP contribution in [0.5, 0.6) is 0 Å². The van der Waals surface area contributed by atoms with Gasteiger partial charge in [0.1, 0.15) is 18.0 Å². The summed E-state index contributed by atoms with van der Waals surface area (Å²) >= 11 is 0. The lowest BCUT2D eigenvalue weighted by atomic mass is 9.99. The number of rotatable bonds is 5. The number of aliphatic hydroxyl groups excluding tert-OH is 2. The van der Waals surface area contributed by atoms with Crippen molar-refractivity contribution in [1.82, 2.24) is 9.97 Å². The van der Waals surface area contributed by atoms with Gasteiger partial charge >= 0.3 is 0 Å². The minimum atomic E-state index is 0.103. The van der Waals surface area contributed by atoms with Crippen LogP contribution < -0.4 is 9.80 Å². The molecule has 0 aromatic carbocycles. The first-order chi connectivity index (χ1) is 9.24. The van der Waals surface area contributed by atoms with Gasteiger partial charge in [0, 0.05) is 39.4 Å². The third kappa shape index (κ3) is 3.54. The molecule has 0 amide bonds. The number of piperidine rings is 1. The Labute approximate surface area is 113 Å². The first kappa shape index (κ1) is 14.0. The standard InChI is InChI=1S/C13H22N4O2/c1-16(5-6-18)12-7-13(15-10-14-12)17-4-2-3-11(8-17)9-19/h7,10-11,18-19H,2-6,8-9H2,1H3. The van der Waals surface area contributed by atoms with E-state index in [0.717, 1.165) is 37.6 Å². The van der Waals surface area contributed by atoms with E-state index in [-0.39, 0.29) is 13.2 Å². The molecule has 106 valence electrons. The van der Waals surface area contributed by atoms with E-state index >= 15 is 0 Å². The van der Waals surface area contributed by atoms with Crippen LogP contribution in [0.3, 0.4) is 0 Å². The smallest absolute Gasteiger partial charge is 0.134 e. The van der Waals surface area contributed by atoms with Gasteiger partial charge in [-0.3, -0.25) is 0 Å². The topological polar surface area (TPSA) is 72.7 Å². The van der Waals surface area contributed by atoms with Crippen molar-refractivity contribution in [3.63, 3.8) is 0 Å². The van der Waals surface area contributed by atoms with Crippen LogP contribution in [-0.2, 0) is 0 Å². The highest BCUT2D eigenvalue weighted by molar-refractivity contribution is 5.49. The lowest BCUT2D eigenvalue weighted by molar-refractivity contribution is 0.208. The molecule has 2 heterocycles. The Bertz CT molecular complexity index is 402. The molecule has 1 saturated heterocycles. The molecule has 1 aliphatic rings. The molecule has 2 N–H and O–H groups in total. The molecule has 0 aliphatic carbocycles. The van der Waals surface area contributed by atoms with Crippen LogP contribution in [0.1, 0.15) is 12.8 Å². The minimum Gasteiger partial charge on any atom is -0.396 e. The van der Waals surface area contributed by atoms with Crippen molar-refractivity contribution in [3.05, 3.63) is 12.4 Å². The Hall–Kier alpha value is -1.40. The highest BCUT2D eigenvalue weighted by atomic mass is 16.3. The Kier molecular flexibility index (Phi) is 4.93. The lowest BCUT2D eigenvalue weighted by Crippen LogP contribution is -2.37. The zero-order chi connectivity index (χ0) is 13.7. The molecule has 2 rings (SSSR count). The Morgan fingerprint density at radius 1 is 1.42 bits per heavy atom. The van der Waals surface area contributed by atoms with Crippen LogP contribution >= 0.6 is 0 Å². The third-order valence-electron chi connectivity index (χ3n) is 3.57. The maximum absolute atomic E-state index is 9.27. The Morgan fingerprint density at radius 3 is 3.00 bits per heavy atom. The molecule has 1 fully saturated rings. The molecule has 6 heteroatoms. The summed E-state index contributed by atoms with van der Waals surface area (Å²) in [6.45, 7) is 2.70. The molecule has 0 radical (unpaired) electrons. The van der Waals surface area contributed by atoms with Gasteiger partial charge in [-0.25, -0.2) is 9.97 Å². The van der Waals surface area contributed by atoms with E-state index in [1.165, 1.54) is 0 Å². The predicted octanol–water partition coefficient (Wildman–Crippen LogP) is 0.114. The number of anilines is 2. The van der Waals surface area contributed by atoms with E-state index in [1.54, 1.807) is 6.33 Å². The van der Waals surface area contributed by atoms with E-state index in [4.69, 9.17) is 5.11 Å². The van der Waals surface area contributed by atoms with Gasteiger partial charge in [-0.1, -0.05) is 0 Å². The summed E-state index contributed by atoms with van der Waals surface area (Å²) in [4.78, 5) is 12.6. The van der Waals surface area contributed by atoms with Gasteiger partial charge in [-0.2, -0.15) is 0 Å². The van der Waals surface area contributed by atoms with Gasteiger partial charge in [0.15, 0.2) is 0 Å². The van der Waals surface area contributed by atoms with E-state index in [1.807, 2.05) is 18.0 Å². The first-order valence-electron chi connectivity index (χ1n) is 6.74. The maximum atomic E-state index is 9.27. The average molecular weight is 266 g/mol. The molecular weight excluding hydrogens is 244 g/mol. The number of aliphatic hydroxyl groups is 2. The highest BCUT2D eigenvalue weighted by Gasteiger charge is 2.20. The monoisotopic (exact) mass is 266 g/mol. The van der Waals surface area contributed by atoms with E-state index in [0.29, 0.717) is 12.5 Å². The van der Waals surface area contributed by atoms with Gasteiger partial charge in [0.05, 0.1) is 6.61 Å². The maximum Gasteiger partial charge on any atom is 0.134 e. The zero-order valence-electron chi connectivity index (χ0n) is 11.4. The molecule has 1 aromatic rings. The van der Waals surface area contributed by atoms with Crippen LogP contribution in [0.15, 0.2) is 12.4 Å². The molecule has 0 bridgehead atoms. The fraction of sp³-hybridized carbons (Fsp3) is 0.692. The van der Waals surface area contributed by atoms with Gasteiger partial charge in [-0.15, -0.1) is 0 Å². The Balaban J connectivity index is 2.09. The van der Waals surface area contributed by atoms with Crippen LogP contribution in [-0.4, -0.2) is 60.1 Å². The van der Waals surface area contributed by atoms with Crippen molar-refractivity contribution in [3.8, 4) is 0 Å². The second kappa shape index (κ2) is 6.68.